The van der Waals surface area contributed by atoms with E-state index in [1.165, 1.54) is 6.20 Å². The minimum absolute atomic E-state index is 0.331. The SMILES string of the molecule is CCOC(=O)c1cnc(N(C)CCc2nc3ccccc3[nH]2)nc1C. The Morgan fingerprint density at radius 1 is 1.28 bits per heavy atom. The van der Waals surface area contributed by atoms with Crippen molar-refractivity contribution in [1.29, 1.82) is 0 Å². The summed E-state index contributed by atoms with van der Waals surface area (Å²) in [5.41, 5.74) is 3.01. The number of imidazole rings is 1. The van der Waals surface area contributed by atoms with Gasteiger partial charge >= 0.3 is 5.97 Å². The number of carbonyl (C=O) groups excluding carboxylic acids is 1. The summed E-state index contributed by atoms with van der Waals surface area (Å²) in [5, 5.41) is 0. The fourth-order valence-electron chi connectivity index (χ4n) is 2.55. The predicted molar refractivity (Wildman–Crippen MR) is 95.8 cm³/mol. The minimum atomic E-state index is -0.392. The van der Waals surface area contributed by atoms with Crippen LogP contribution in [0.4, 0.5) is 5.95 Å². The second-order valence-corrected chi connectivity index (χ2v) is 5.76. The number of aryl methyl sites for hydroxylation is 1. The number of aromatic nitrogens is 4. The van der Waals surface area contributed by atoms with E-state index in [4.69, 9.17) is 4.74 Å². The summed E-state index contributed by atoms with van der Waals surface area (Å²) in [6.07, 6.45) is 2.26. The summed E-state index contributed by atoms with van der Waals surface area (Å²) in [5.74, 6) is 1.10. The standard InChI is InChI=1S/C18H21N5O2/c1-4-25-17(24)13-11-19-18(20-12(13)2)23(3)10-9-16-21-14-7-5-6-8-15(14)22-16/h5-8,11H,4,9-10H2,1-3H3,(H,21,22). The lowest BCUT2D eigenvalue weighted by atomic mass is 10.2. The summed E-state index contributed by atoms with van der Waals surface area (Å²) in [6, 6.07) is 7.95. The molecule has 7 heteroatoms. The van der Waals surface area contributed by atoms with Crippen LogP contribution >= 0.6 is 0 Å². The lowest BCUT2D eigenvalue weighted by Gasteiger charge is -2.17. The quantitative estimate of drug-likeness (QED) is 0.695. The minimum Gasteiger partial charge on any atom is -0.462 e. The van der Waals surface area contributed by atoms with E-state index in [1.807, 2.05) is 36.2 Å². The highest BCUT2D eigenvalue weighted by Crippen LogP contribution is 2.13. The zero-order valence-corrected chi connectivity index (χ0v) is 14.6. The predicted octanol–water partition coefficient (Wildman–Crippen LogP) is 2.52. The van der Waals surface area contributed by atoms with Crippen molar-refractivity contribution in [3.05, 3.63) is 47.5 Å². The number of carbonyl (C=O) groups is 1. The van der Waals surface area contributed by atoms with Gasteiger partial charge in [-0.3, -0.25) is 0 Å². The average Bonchev–Trinajstić information content (AvgIpc) is 3.02. The van der Waals surface area contributed by atoms with Gasteiger partial charge in [-0.25, -0.2) is 19.7 Å². The third-order valence-electron chi connectivity index (χ3n) is 3.93. The molecule has 7 nitrogen and oxygen atoms in total. The molecule has 130 valence electrons. The Morgan fingerprint density at radius 3 is 2.80 bits per heavy atom. The smallest absolute Gasteiger partial charge is 0.341 e. The Hall–Kier alpha value is -2.96. The molecule has 0 aliphatic rings. The van der Waals surface area contributed by atoms with Crippen molar-refractivity contribution in [3.8, 4) is 0 Å². The maximum absolute atomic E-state index is 11.8. The fourth-order valence-corrected chi connectivity index (χ4v) is 2.55. The van der Waals surface area contributed by atoms with Gasteiger partial charge in [-0.05, 0) is 26.0 Å². The van der Waals surface area contributed by atoms with Crippen LogP contribution in [0.25, 0.3) is 11.0 Å². The van der Waals surface area contributed by atoms with Gasteiger partial charge in [-0.15, -0.1) is 0 Å². The molecule has 3 rings (SSSR count). The van der Waals surface area contributed by atoms with Crippen LogP contribution in [0.1, 0.15) is 28.8 Å². The van der Waals surface area contributed by atoms with Crippen molar-refractivity contribution in [2.75, 3.05) is 25.1 Å². The van der Waals surface area contributed by atoms with Gasteiger partial charge in [0.1, 0.15) is 5.82 Å². The Bertz CT molecular complexity index is 857. The molecule has 2 aromatic heterocycles. The third kappa shape index (κ3) is 3.76. The number of fused-ring (bicyclic) bond motifs is 1. The lowest BCUT2D eigenvalue weighted by Crippen LogP contribution is -2.24. The summed E-state index contributed by atoms with van der Waals surface area (Å²) in [7, 11) is 1.92. The highest BCUT2D eigenvalue weighted by molar-refractivity contribution is 5.90. The van der Waals surface area contributed by atoms with E-state index >= 15 is 0 Å². The molecule has 0 radical (unpaired) electrons. The first-order valence-electron chi connectivity index (χ1n) is 8.24. The van der Waals surface area contributed by atoms with Crippen LogP contribution in [0.5, 0.6) is 0 Å². The number of rotatable bonds is 6. The average molecular weight is 339 g/mol. The van der Waals surface area contributed by atoms with E-state index in [1.54, 1.807) is 13.8 Å². The number of esters is 1. The van der Waals surface area contributed by atoms with Crippen LogP contribution in [-0.4, -0.2) is 46.1 Å². The van der Waals surface area contributed by atoms with Gasteiger partial charge in [0.15, 0.2) is 0 Å². The number of ether oxygens (including phenoxy) is 1. The van der Waals surface area contributed by atoms with Gasteiger partial charge in [0.25, 0.3) is 0 Å². The molecule has 0 bridgehead atoms. The Kier molecular flexibility index (Phi) is 4.92. The van der Waals surface area contributed by atoms with E-state index < -0.39 is 5.97 Å². The number of hydrogen-bond acceptors (Lipinski definition) is 6. The highest BCUT2D eigenvalue weighted by Gasteiger charge is 2.14. The largest absolute Gasteiger partial charge is 0.462 e. The first-order valence-corrected chi connectivity index (χ1v) is 8.24. The molecule has 0 unspecified atom stereocenters. The van der Waals surface area contributed by atoms with Crippen molar-refractivity contribution in [2.24, 2.45) is 0 Å². The maximum Gasteiger partial charge on any atom is 0.341 e. The molecule has 0 atom stereocenters. The van der Waals surface area contributed by atoms with E-state index in [0.717, 1.165) is 23.3 Å². The number of aromatic amines is 1. The molecule has 1 N–H and O–H groups in total. The van der Waals surface area contributed by atoms with E-state index in [2.05, 4.69) is 19.9 Å². The number of nitrogens with one attached hydrogen (secondary N) is 1. The third-order valence-corrected chi connectivity index (χ3v) is 3.93. The molecule has 0 amide bonds. The normalized spacial score (nSPS) is 10.8. The number of para-hydroxylation sites is 2. The second-order valence-electron chi connectivity index (χ2n) is 5.76. The first-order chi connectivity index (χ1) is 12.1. The molecule has 0 spiro atoms. The van der Waals surface area contributed by atoms with Crippen LogP contribution in [-0.2, 0) is 11.2 Å². The van der Waals surface area contributed by atoms with Crippen molar-refractivity contribution in [1.82, 2.24) is 19.9 Å². The number of hydrogen-bond donors (Lipinski definition) is 1. The summed E-state index contributed by atoms with van der Waals surface area (Å²) < 4.78 is 5.00. The Labute approximate surface area is 146 Å². The highest BCUT2D eigenvalue weighted by atomic mass is 16.5. The lowest BCUT2D eigenvalue weighted by molar-refractivity contribution is 0.0524. The van der Waals surface area contributed by atoms with E-state index in [-0.39, 0.29) is 0 Å². The van der Waals surface area contributed by atoms with Crippen molar-refractivity contribution in [3.63, 3.8) is 0 Å². The molecule has 0 saturated heterocycles. The van der Waals surface area contributed by atoms with Gasteiger partial charge < -0.3 is 14.6 Å². The van der Waals surface area contributed by atoms with Gasteiger partial charge in [0.2, 0.25) is 5.95 Å². The Morgan fingerprint density at radius 2 is 2.08 bits per heavy atom. The van der Waals surface area contributed by atoms with Crippen LogP contribution < -0.4 is 4.90 Å². The van der Waals surface area contributed by atoms with Crippen LogP contribution in [0.3, 0.4) is 0 Å². The maximum atomic E-state index is 11.8. The molecule has 0 aliphatic carbocycles. The summed E-state index contributed by atoms with van der Waals surface area (Å²) >= 11 is 0. The number of likely N-dealkylation sites (N-methyl/N-ethyl adjacent to an activating group) is 1. The molecule has 25 heavy (non-hydrogen) atoms. The number of anilines is 1. The molecule has 0 fully saturated rings. The van der Waals surface area contributed by atoms with Crippen LogP contribution in [0, 0.1) is 6.92 Å². The van der Waals surface area contributed by atoms with Gasteiger partial charge in [0, 0.05) is 26.2 Å². The molecular formula is C18H21N5O2. The summed E-state index contributed by atoms with van der Waals surface area (Å²) in [6.45, 7) is 4.59. The molecular weight excluding hydrogens is 318 g/mol. The zero-order chi connectivity index (χ0) is 17.8. The monoisotopic (exact) mass is 339 g/mol. The van der Waals surface area contributed by atoms with E-state index in [0.29, 0.717) is 30.4 Å². The molecule has 2 heterocycles. The number of nitrogens with zero attached hydrogens (tertiary/aromatic N) is 4. The molecule has 0 aliphatic heterocycles. The zero-order valence-electron chi connectivity index (χ0n) is 14.6. The van der Waals surface area contributed by atoms with Crippen molar-refractivity contribution >= 4 is 23.0 Å². The first kappa shape index (κ1) is 16.9. The van der Waals surface area contributed by atoms with Gasteiger partial charge in [-0.2, -0.15) is 0 Å². The molecule has 3 aromatic rings. The molecule has 1 aromatic carbocycles. The van der Waals surface area contributed by atoms with E-state index in [9.17, 15) is 4.79 Å². The van der Waals surface area contributed by atoms with Gasteiger partial charge in [0.05, 0.1) is 28.9 Å². The van der Waals surface area contributed by atoms with Gasteiger partial charge in [-0.1, -0.05) is 12.1 Å². The van der Waals surface area contributed by atoms with Crippen molar-refractivity contribution < 1.29 is 9.53 Å². The molecule has 0 saturated carbocycles. The van der Waals surface area contributed by atoms with Crippen LogP contribution in [0.2, 0.25) is 0 Å². The number of benzene rings is 1. The Balaban J connectivity index is 1.67. The second kappa shape index (κ2) is 7.29. The van der Waals surface area contributed by atoms with Crippen LogP contribution in [0.15, 0.2) is 30.5 Å². The fraction of sp³-hybridized carbons (Fsp3) is 0.333. The number of H-pyrrole nitrogens is 1. The summed E-state index contributed by atoms with van der Waals surface area (Å²) in [4.78, 5) is 30.3. The topological polar surface area (TPSA) is 84.0 Å². The van der Waals surface area contributed by atoms with Crippen molar-refractivity contribution in [2.45, 2.75) is 20.3 Å².